The molecule has 0 bridgehead atoms. The number of hydrogen-bond donors (Lipinski definition) is 1. The van der Waals surface area contributed by atoms with Crippen molar-refractivity contribution in [3.05, 3.63) is 11.5 Å². The summed E-state index contributed by atoms with van der Waals surface area (Å²) in [7, 11) is -4.70. The molecule has 1 atom stereocenters. The molecule has 95 valence electrons. The van der Waals surface area contributed by atoms with Gasteiger partial charge in [0.15, 0.2) is 4.75 Å². The molecule has 1 unspecified atom stereocenters. The van der Waals surface area contributed by atoms with Crippen molar-refractivity contribution in [1.29, 1.82) is 0 Å². The average Bonchev–Trinajstić information content (AvgIpc) is 2.25. The van der Waals surface area contributed by atoms with Gasteiger partial charge in [-0.05, 0) is 6.92 Å². The monoisotopic (exact) mass is 285 g/mol. The average molecular weight is 285 g/mol. The summed E-state index contributed by atoms with van der Waals surface area (Å²) in [5.74, 6) is -2.27. The molecule has 0 spiro atoms. The first-order valence-electron chi connectivity index (χ1n) is 4.82. The summed E-state index contributed by atoms with van der Waals surface area (Å²) in [6.45, 7) is 1.17. The van der Waals surface area contributed by atoms with Crippen LogP contribution in [-0.4, -0.2) is 72.1 Å². The van der Waals surface area contributed by atoms with E-state index in [2.05, 4.69) is 0 Å². The van der Waals surface area contributed by atoms with Crippen LogP contribution in [0.25, 0.3) is 0 Å². The Labute approximate surface area is 126 Å². The maximum Gasteiger partial charge on any atom is 0.278 e. The normalized spacial score (nSPS) is 27.9. The fraction of sp³-hybridized carbons (Fsp3) is 0.556. The van der Waals surface area contributed by atoms with Crippen LogP contribution in [-0.2, 0) is 29.2 Å². The van der Waals surface area contributed by atoms with Crippen LogP contribution < -0.4 is 0 Å². The summed E-state index contributed by atoms with van der Waals surface area (Å²) < 4.78 is 39.2. The number of Topliss-reactive ketones (excluding diaryl/α,β-unsaturated/α-hetero) is 2. The molecule has 0 aromatic heterocycles. The molecule has 0 saturated heterocycles. The first kappa shape index (κ1) is 15.6. The number of allylic oxidation sites excluding steroid dienone is 2. The van der Waals surface area contributed by atoms with Crippen molar-refractivity contribution in [3.63, 3.8) is 0 Å². The SMILES string of the molecule is CC1(S(=O)(=O)O)CC(=O)C2=C(OCCO2)C1=O.[Na]. The van der Waals surface area contributed by atoms with Crippen LogP contribution in [0.1, 0.15) is 13.3 Å². The molecule has 1 aliphatic heterocycles. The van der Waals surface area contributed by atoms with Crippen molar-refractivity contribution in [3.8, 4) is 0 Å². The Kier molecular flexibility index (Phi) is 4.29. The van der Waals surface area contributed by atoms with E-state index in [-0.39, 0.29) is 48.5 Å². The minimum absolute atomic E-state index is 0. The number of hydrogen-bond acceptors (Lipinski definition) is 6. The molecule has 0 fully saturated rings. The van der Waals surface area contributed by atoms with Crippen LogP contribution >= 0.6 is 0 Å². The molecule has 7 nitrogen and oxygen atoms in total. The van der Waals surface area contributed by atoms with Crippen LogP contribution in [0.3, 0.4) is 0 Å². The van der Waals surface area contributed by atoms with E-state index in [1.807, 2.05) is 0 Å². The summed E-state index contributed by atoms with van der Waals surface area (Å²) in [5, 5.41) is 0. The molecule has 0 amide bonds. The smallest absolute Gasteiger partial charge is 0.278 e. The largest absolute Gasteiger partial charge is 0.483 e. The molecule has 1 N–H and O–H groups in total. The molecule has 2 rings (SSSR count). The van der Waals surface area contributed by atoms with Gasteiger partial charge in [-0.1, -0.05) is 0 Å². The van der Waals surface area contributed by atoms with Gasteiger partial charge in [0.2, 0.25) is 23.1 Å². The molecular formula is C9H10NaO7S. The molecule has 0 saturated carbocycles. The van der Waals surface area contributed by atoms with Gasteiger partial charge in [-0.2, -0.15) is 8.42 Å². The van der Waals surface area contributed by atoms with E-state index in [0.29, 0.717) is 0 Å². The maximum absolute atomic E-state index is 11.9. The third-order valence-corrected chi connectivity index (χ3v) is 4.26. The fourth-order valence-electron chi connectivity index (χ4n) is 1.71. The van der Waals surface area contributed by atoms with Gasteiger partial charge in [0.25, 0.3) is 10.1 Å². The van der Waals surface area contributed by atoms with Gasteiger partial charge in [0.1, 0.15) is 13.2 Å². The van der Waals surface area contributed by atoms with Gasteiger partial charge in [0.05, 0.1) is 0 Å². The number of carbonyl (C=O) groups is 2. The zero-order chi connectivity index (χ0) is 12.8. The van der Waals surface area contributed by atoms with Crippen molar-refractivity contribution in [2.75, 3.05) is 13.2 Å². The molecule has 18 heavy (non-hydrogen) atoms. The standard InChI is InChI=1S/C9H10O7S.Na/c1-9(17(12,13)14)4-5(10)6-7(8(9)11)16-3-2-15-6;/h2-4H2,1H3,(H,12,13,14);. The van der Waals surface area contributed by atoms with Crippen LogP contribution in [0.15, 0.2) is 11.5 Å². The summed E-state index contributed by atoms with van der Waals surface area (Å²) >= 11 is 0. The second-order valence-corrected chi connectivity index (χ2v) is 5.84. The van der Waals surface area contributed by atoms with Crippen LogP contribution in [0, 0.1) is 0 Å². The quantitative estimate of drug-likeness (QED) is 0.489. The molecule has 1 aliphatic carbocycles. The van der Waals surface area contributed by atoms with Gasteiger partial charge in [-0.3, -0.25) is 14.1 Å². The Hall–Kier alpha value is -0.410. The van der Waals surface area contributed by atoms with Gasteiger partial charge in [0, 0.05) is 36.0 Å². The second kappa shape index (κ2) is 4.93. The van der Waals surface area contributed by atoms with E-state index in [9.17, 15) is 18.0 Å². The molecule has 1 radical (unpaired) electrons. The first-order valence-corrected chi connectivity index (χ1v) is 6.26. The molecule has 1 heterocycles. The minimum Gasteiger partial charge on any atom is -0.483 e. The summed E-state index contributed by atoms with van der Waals surface area (Å²) in [4.78, 5) is 23.6. The summed E-state index contributed by atoms with van der Waals surface area (Å²) in [6.07, 6.45) is -0.646. The maximum atomic E-state index is 11.9. The second-order valence-electron chi connectivity index (χ2n) is 3.99. The number of ether oxygens (including phenoxy) is 2. The van der Waals surface area contributed by atoms with Crippen molar-refractivity contribution in [1.82, 2.24) is 0 Å². The topological polar surface area (TPSA) is 107 Å². The number of ketones is 2. The van der Waals surface area contributed by atoms with Gasteiger partial charge in [-0.25, -0.2) is 0 Å². The summed E-state index contributed by atoms with van der Waals surface area (Å²) in [6, 6.07) is 0. The van der Waals surface area contributed by atoms with Crippen molar-refractivity contribution in [2.45, 2.75) is 18.1 Å². The van der Waals surface area contributed by atoms with Crippen LogP contribution in [0.5, 0.6) is 0 Å². The molecular weight excluding hydrogens is 275 g/mol. The fourth-order valence-corrected chi connectivity index (χ4v) is 2.35. The molecule has 0 aromatic rings. The van der Waals surface area contributed by atoms with E-state index in [4.69, 9.17) is 14.0 Å². The third-order valence-electron chi connectivity index (χ3n) is 2.79. The van der Waals surface area contributed by atoms with E-state index in [0.717, 1.165) is 6.92 Å². The Bertz CT molecular complexity index is 535. The predicted octanol–water partition coefficient (Wildman–Crippen LogP) is -0.948. The molecule has 2 aliphatic rings. The van der Waals surface area contributed by atoms with E-state index < -0.39 is 38.6 Å². The molecule has 9 heteroatoms. The van der Waals surface area contributed by atoms with E-state index in [1.165, 1.54) is 0 Å². The van der Waals surface area contributed by atoms with E-state index in [1.54, 1.807) is 0 Å². The van der Waals surface area contributed by atoms with Crippen LogP contribution in [0.4, 0.5) is 0 Å². The van der Waals surface area contributed by atoms with Crippen molar-refractivity contribution in [2.24, 2.45) is 0 Å². The number of carbonyl (C=O) groups excluding carboxylic acids is 2. The van der Waals surface area contributed by atoms with Crippen LogP contribution in [0.2, 0.25) is 0 Å². The Balaban J connectivity index is 0.00000162. The molecule has 0 aromatic carbocycles. The zero-order valence-corrected chi connectivity index (χ0v) is 12.7. The Morgan fingerprint density at radius 2 is 1.67 bits per heavy atom. The Morgan fingerprint density at radius 3 is 2.17 bits per heavy atom. The first-order chi connectivity index (χ1) is 7.77. The van der Waals surface area contributed by atoms with E-state index >= 15 is 0 Å². The predicted molar refractivity (Wildman–Crippen MR) is 59.3 cm³/mol. The van der Waals surface area contributed by atoms with Gasteiger partial charge in [-0.15, -0.1) is 0 Å². The zero-order valence-electron chi connectivity index (χ0n) is 9.93. The van der Waals surface area contributed by atoms with Crippen molar-refractivity contribution < 1.29 is 32.0 Å². The summed E-state index contributed by atoms with van der Waals surface area (Å²) in [5.41, 5.74) is 0. The minimum atomic E-state index is -4.70. The number of rotatable bonds is 1. The third kappa shape index (κ3) is 2.23. The van der Waals surface area contributed by atoms with Gasteiger partial charge < -0.3 is 9.47 Å². The van der Waals surface area contributed by atoms with Crippen molar-refractivity contribution >= 4 is 51.2 Å². The van der Waals surface area contributed by atoms with Gasteiger partial charge >= 0.3 is 0 Å². The Morgan fingerprint density at radius 1 is 1.17 bits per heavy atom.